The van der Waals surface area contributed by atoms with Crippen molar-refractivity contribution in [1.82, 2.24) is 9.88 Å². The van der Waals surface area contributed by atoms with Crippen LogP contribution < -0.4 is 5.56 Å². The Morgan fingerprint density at radius 1 is 1.10 bits per heavy atom. The zero-order valence-electron chi connectivity index (χ0n) is 11.8. The minimum Gasteiger partial charge on any atom is -0.332 e. The van der Waals surface area contributed by atoms with Gasteiger partial charge in [0.05, 0.1) is 6.04 Å². The van der Waals surface area contributed by atoms with E-state index in [4.69, 9.17) is 0 Å². The van der Waals surface area contributed by atoms with Crippen LogP contribution in [0.5, 0.6) is 0 Å². The van der Waals surface area contributed by atoms with Gasteiger partial charge >= 0.3 is 0 Å². The first kappa shape index (κ1) is 13.6. The summed E-state index contributed by atoms with van der Waals surface area (Å²) in [5.41, 5.74) is 1.60. The molecule has 1 aromatic carbocycles. The summed E-state index contributed by atoms with van der Waals surface area (Å²) in [6.07, 6.45) is 4.79. The van der Waals surface area contributed by atoms with Crippen LogP contribution in [0.25, 0.3) is 0 Å². The summed E-state index contributed by atoms with van der Waals surface area (Å²) in [6, 6.07) is 12.8. The zero-order chi connectivity index (χ0) is 14.7. The Labute approximate surface area is 123 Å². The molecule has 1 atom stereocenters. The van der Waals surface area contributed by atoms with Gasteiger partial charge in [-0.2, -0.15) is 0 Å². The van der Waals surface area contributed by atoms with Crippen molar-refractivity contribution in [2.24, 2.45) is 0 Å². The van der Waals surface area contributed by atoms with Gasteiger partial charge in [-0.1, -0.05) is 24.3 Å². The molecule has 108 valence electrons. The summed E-state index contributed by atoms with van der Waals surface area (Å²) in [5.74, 6) is 0.0616. The second kappa shape index (κ2) is 5.95. The molecule has 0 saturated carbocycles. The number of nitrogens with zero attached hydrogens (tertiary/aromatic N) is 1. The number of piperidine rings is 1. The number of H-pyrrole nitrogens is 1. The van der Waals surface area contributed by atoms with E-state index in [1.165, 1.54) is 6.07 Å². The van der Waals surface area contributed by atoms with Gasteiger partial charge in [0.15, 0.2) is 0 Å². The van der Waals surface area contributed by atoms with Crippen molar-refractivity contribution in [2.75, 3.05) is 6.54 Å². The van der Waals surface area contributed by atoms with Crippen LogP contribution in [0.15, 0.2) is 53.5 Å². The molecule has 4 heteroatoms. The maximum Gasteiger partial charge on any atom is 0.254 e. The van der Waals surface area contributed by atoms with Crippen LogP contribution in [-0.4, -0.2) is 22.3 Å². The van der Waals surface area contributed by atoms with E-state index in [0.29, 0.717) is 5.56 Å². The molecule has 3 rings (SSSR count). The SMILES string of the molecule is O=C(c1ccccc1)N1CCCC[C@@H]1c1ccc(=O)[nH]c1. The molecular formula is C17H18N2O2. The molecule has 4 nitrogen and oxygen atoms in total. The predicted molar refractivity (Wildman–Crippen MR) is 81.1 cm³/mol. The Morgan fingerprint density at radius 2 is 1.90 bits per heavy atom. The summed E-state index contributed by atoms with van der Waals surface area (Å²) in [7, 11) is 0. The topological polar surface area (TPSA) is 53.2 Å². The van der Waals surface area contributed by atoms with Crippen molar-refractivity contribution >= 4 is 5.91 Å². The number of likely N-dealkylation sites (tertiary alicyclic amines) is 1. The van der Waals surface area contributed by atoms with Crippen LogP contribution in [0.1, 0.15) is 41.2 Å². The lowest BCUT2D eigenvalue weighted by atomic mass is 9.95. The highest BCUT2D eigenvalue weighted by molar-refractivity contribution is 5.94. The van der Waals surface area contributed by atoms with Crippen molar-refractivity contribution in [1.29, 1.82) is 0 Å². The number of amides is 1. The van der Waals surface area contributed by atoms with Gasteiger partial charge in [0.2, 0.25) is 5.56 Å². The van der Waals surface area contributed by atoms with Crippen molar-refractivity contribution in [2.45, 2.75) is 25.3 Å². The predicted octanol–water partition coefficient (Wildman–Crippen LogP) is 2.74. The van der Waals surface area contributed by atoms with E-state index in [2.05, 4.69) is 4.98 Å². The normalized spacial score (nSPS) is 18.5. The van der Waals surface area contributed by atoms with Gasteiger partial charge in [0, 0.05) is 24.4 Å². The van der Waals surface area contributed by atoms with Gasteiger partial charge in [-0.05, 0) is 37.0 Å². The number of aromatic nitrogens is 1. The Balaban J connectivity index is 1.89. The van der Waals surface area contributed by atoms with E-state index in [1.807, 2.05) is 41.3 Å². The van der Waals surface area contributed by atoms with Gasteiger partial charge in [-0.3, -0.25) is 9.59 Å². The Morgan fingerprint density at radius 3 is 2.62 bits per heavy atom. The third kappa shape index (κ3) is 2.89. The monoisotopic (exact) mass is 282 g/mol. The minimum absolute atomic E-state index is 0.0447. The Hall–Kier alpha value is -2.36. The molecule has 2 aromatic rings. The molecule has 1 amide bonds. The number of aromatic amines is 1. The molecule has 21 heavy (non-hydrogen) atoms. The highest BCUT2D eigenvalue weighted by Gasteiger charge is 2.28. The molecule has 1 fully saturated rings. The van der Waals surface area contributed by atoms with Gasteiger partial charge in [-0.25, -0.2) is 0 Å². The summed E-state index contributed by atoms with van der Waals surface area (Å²) in [5, 5.41) is 0. The fraction of sp³-hybridized carbons (Fsp3) is 0.294. The Bertz CT molecular complexity index is 658. The first-order valence-electron chi connectivity index (χ1n) is 7.30. The molecule has 0 unspecified atom stereocenters. The highest BCUT2D eigenvalue weighted by atomic mass is 16.2. The molecule has 2 heterocycles. The van der Waals surface area contributed by atoms with E-state index in [1.54, 1.807) is 6.20 Å². The van der Waals surface area contributed by atoms with Crippen LogP contribution in [-0.2, 0) is 0 Å². The average Bonchev–Trinajstić information content (AvgIpc) is 2.56. The maximum atomic E-state index is 12.7. The zero-order valence-corrected chi connectivity index (χ0v) is 11.8. The fourth-order valence-electron chi connectivity index (χ4n) is 2.90. The van der Waals surface area contributed by atoms with E-state index >= 15 is 0 Å². The van der Waals surface area contributed by atoms with Crippen molar-refractivity contribution in [3.8, 4) is 0 Å². The van der Waals surface area contributed by atoms with E-state index in [9.17, 15) is 9.59 Å². The highest BCUT2D eigenvalue weighted by Crippen LogP contribution is 2.31. The molecule has 1 N–H and O–H groups in total. The lowest BCUT2D eigenvalue weighted by Gasteiger charge is -2.36. The molecule has 1 aromatic heterocycles. The van der Waals surface area contributed by atoms with Crippen LogP contribution in [0, 0.1) is 0 Å². The van der Waals surface area contributed by atoms with Gasteiger partial charge in [0.1, 0.15) is 0 Å². The number of hydrogen-bond acceptors (Lipinski definition) is 2. The minimum atomic E-state index is -0.115. The first-order chi connectivity index (χ1) is 10.3. The van der Waals surface area contributed by atoms with E-state index in [0.717, 1.165) is 31.4 Å². The summed E-state index contributed by atoms with van der Waals surface area (Å²) in [6.45, 7) is 0.761. The average molecular weight is 282 g/mol. The smallest absolute Gasteiger partial charge is 0.254 e. The standard InChI is InChI=1S/C17H18N2O2/c20-16-10-9-14(12-18-16)15-8-4-5-11-19(15)17(21)13-6-2-1-3-7-13/h1-3,6-7,9-10,12,15H,4-5,8,11H2,(H,18,20)/t15-/m1/s1. The summed E-state index contributed by atoms with van der Waals surface area (Å²) >= 11 is 0. The number of benzene rings is 1. The summed E-state index contributed by atoms with van der Waals surface area (Å²) < 4.78 is 0. The molecule has 0 bridgehead atoms. The van der Waals surface area contributed by atoms with Gasteiger partial charge < -0.3 is 9.88 Å². The number of carbonyl (C=O) groups is 1. The lowest BCUT2D eigenvalue weighted by Crippen LogP contribution is -2.38. The second-order valence-corrected chi connectivity index (χ2v) is 5.36. The largest absolute Gasteiger partial charge is 0.332 e. The number of carbonyl (C=O) groups excluding carboxylic acids is 1. The van der Waals surface area contributed by atoms with Gasteiger partial charge in [-0.15, -0.1) is 0 Å². The van der Waals surface area contributed by atoms with E-state index in [-0.39, 0.29) is 17.5 Å². The van der Waals surface area contributed by atoms with Crippen LogP contribution in [0.3, 0.4) is 0 Å². The molecule has 1 aliphatic heterocycles. The third-order valence-corrected chi connectivity index (χ3v) is 3.98. The van der Waals surface area contributed by atoms with Crippen molar-refractivity contribution in [3.63, 3.8) is 0 Å². The summed E-state index contributed by atoms with van der Waals surface area (Å²) in [4.78, 5) is 28.5. The van der Waals surface area contributed by atoms with Crippen LogP contribution in [0.4, 0.5) is 0 Å². The number of pyridine rings is 1. The molecule has 1 aliphatic rings. The third-order valence-electron chi connectivity index (χ3n) is 3.98. The van der Waals surface area contributed by atoms with Crippen molar-refractivity contribution < 1.29 is 4.79 Å². The van der Waals surface area contributed by atoms with Gasteiger partial charge in [0.25, 0.3) is 5.91 Å². The molecule has 0 aliphatic carbocycles. The molecule has 0 radical (unpaired) electrons. The lowest BCUT2D eigenvalue weighted by molar-refractivity contribution is 0.0611. The van der Waals surface area contributed by atoms with E-state index < -0.39 is 0 Å². The number of rotatable bonds is 2. The maximum absolute atomic E-state index is 12.7. The Kier molecular flexibility index (Phi) is 3.86. The molecule has 0 spiro atoms. The van der Waals surface area contributed by atoms with Crippen LogP contribution in [0.2, 0.25) is 0 Å². The number of hydrogen-bond donors (Lipinski definition) is 1. The quantitative estimate of drug-likeness (QED) is 0.920. The number of nitrogens with one attached hydrogen (secondary N) is 1. The second-order valence-electron chi connectivity index (χ2n) is 5.36. The fourth-order valence-corrected chi connectivity index (χ4v) is 2.90. The first-order valence-corrected chi connectivity index (χ1v) is 7.30. The van der Waals surface area contributed by atoms with Crippen molar-refractivity contribution in [3.05, 3.63) is 70.1 Å². The van der Waals surface area contributed by atoms with Crippen LogP contribution >= 0.6 is 0 Å². The molecular weight excluding hydrogens is 264 g/mol. The molecule has 1 saturated heterocycles.